The topological polar surface area (TPSA) is 93.5 Å². The molecule has 0 aliphatic carbocycles. The molecule has 0 spiro atoms. The highest BCUT2D eigenvalue weighted by Gasteiger charge is 2.18. The fourth-order valence-electron chi connectivity index (χ4n) is 3.27. The van der Waals surface area contributed by atoms with Gasteiger partial charge in [0.15, 0.2) is 5.76 Å². The van der Waals surface area contributed by atoms with Gasteiger partial charge in [0.05, 0.1) is 7.11 Å². The number of rotatable bonds is 6. The van der Waals surface area contributed by atoms with E-state index in [1.165, 1.54) is 0 Å². The van der Waals surface area contributed by atoms with E-state index in [4.69, 9.17) is 9.15 Å². The number of pyridine rings is 1. The van der Waals surface area contributed by atoms with E-state index in [2.05, 4.69) is 15.6 Å². The van der Waals surface area contributed by atoms with Gasteiger partial charge >= 0.3 is 0 Å². The lowest BCUT2D eigenvalue weighted by Crippen LogP contribution is -2.23. The fraction of sp³-hybridized carbons (Fsp3) is 0.125. The van der Waals surface area contributed by atoms with E-state index in [9.17, 15) is 9.59 Å². The number of aryl methyl sites for hydroxylation is 1. The van der Waals surface area contributed by atoms with Crippen LogP contribution < -0.4 is 15.4 Å². The Morgan fingerprint density at radius 2 is 1.84 bits per heavy atom. The van der Waals surface area contributed by atoms with E-state index in [-0.39, 0.29) is 24.1 Å². The number of nitrogens with zero attached hydrogens (tertiary/aromatic N) is 1. The minimum atomic E-state index is -0.307. The van der Waals surface area contributed by atoms with Gasteiger partial charge in [0.25, 0.3) is 11.8 Å². The van der Waals surface area contributed by atoms with Gasteiger partial charge in [-0.2, -0.15) is 0 Å². The number of methoxy groups -OCH3 is 1. The molecule has 0 fully saturated rings. The quantitative estimate of drug-likeness (QED) is 0.489. The van der Waals surface area contributed by atoms with Crippen molar-refractivity contribution in [1.29, 1.82) is 0 Å². The zero-order valence-corrected chi connectivity index (χ0v) is 17.1. The Bertz CT molecular complexity index is 1250. The van der Waals surface area contributed by atoms with Crippen LogP contribution in [-0.4, -0.2) is 23.9 Å². The second-order valence-electron chi connectivity index (χ2n) is 6.99. The monoisotopic (exact) mass is 415 g/mol. The molecule has 2 aromatic carbocycles. The van der Waals surface area contributed by atoms with Gasteiger partial charge in [-0.1, -0.05) is 12.1 Å². The molecule has 0 saturated heterocycles. The Labute approximate surface area is 179 Å². The van der Waals surface area contributed by atoms with Crippen LogP contribution in [0.3, 0.4) is 0 Å². The largest absolute Gasteiger partial charge is 0.497 e. The standard InChI is InChI=1S/C24H21N3O4/c1-15-20-13-19(30-2)6-7-21(20)31-22(15)24(29)26-14-16-4-3-5-18(12-16)27-23(28)17-8-10-25-11-9-17/h3-13H,14H2,1-2H3,(H,26,29)(H,27,28). The van der Waals surface area contributed by atoms with Crippen molar-refractivity contribution in [1.82, 2.24) is 10.3 Å². The van der Waals surface area contributed by atoms with Gasteiger partial charge < -0.3 is 19.8 Å². The van der Waals surface area contributed by atoms with Crippen LogP contribution in [0.5, 0.6) is 5.75 Å². The number of hydrogen-bond acceptors (Lipinski definition) is 5. The van der Waals surface area contributed by atoms with Crippen LogP contribution in [0, 0.1) is 6.92 Å². The van der Waals surface area contributed by atoms with Crippen LogP contribution >= 0.6 is 0 Å². The van der Waals surface area contributed by atoms with Crippen molar-refractivity contribution in [3.8, 4) is 5.75 Å². The van der Waals surface area contributed by atoms with Crippen molar-refractivity contribution in [3.63, 3.8) is 0 Å². The highest BCUT2D eigenvalue weighted by atomic mass is 16.5. The summed E-state index contributed by atoms with van der Waals surface area (Å²) in [5.74, 6) is 0.440. The summed E-state index contributed by atoms with van der Waals surface area (Å²) >= 11 is 0. The number of ether oxygens (including phenoxy) is 1. The molecule has 0 bridgehead atoms. The molecule has 4 aromatic rings. The molecular formula is C24H21N3O4. The lowest BCUT2D eigenvalue weighted by molar-refractivity contribution is 0.0923. The lowest BCUT2D eigenvalue weighted by atomic mass is 10.1. The molecule has 2 heterocycles. The number of aromatic nitrogens is 1. The van der Waals surface area contributed by atoms with E-state index in [0.29, 0.717) is 22.6 Å². The Balaban J connectivity index is 1.44. The first-order valence-corrected chi connectivity index (χ1v) is 9.71. The summed E-state index contributed by atoms with van der Waals surface area (Å²) in [5, 5.41) is 6.56. The summed E-state index contributed by atoms with van der Waals surface area (Å²) in [6.45, 7) is 2.13. The summed E-state index contributed by atoms with van der Waals surface area (Å²) in [6.07, 6.45) is 3.13. The van der Waals surface area contributed by atoms with Gasteiger partial charge in [-0.25, -0.2) is 0 Å². The highest BCUT2D eigenvalue weighted by molar-refractivity contribution is 6.04. The van der Waals surface area contributed by atoms with Gasteiger partial charge in [0, 0.05) is 41.1 Å². The third kappa shape index (κ3) is 4.40. The van der Waals surface area contributed by atoms with Gasteiger partial charge in [-0.15, -0.1) is 0 Å². The SMILES string of the molecule is COc1ccc2oc(C(=O)NCc3cccc(NC(=O)c4ccncc4)c3)c(C)c2c1. The molecule has 0 unspecified atom stereocenters. The van der Waals surface area contributed by atoms with Crippen molar-refractivity contribution in [2.24, 2.45) is 0 Å². The van der Waals surface area contributed by atoms with Gasteiger partial charge in [-0.05, 0) is 55.0 Å². The maximum absolute atomic E-state index is 12.7. The first kappa shape index (κ1) is 20.2. The molecule has 2 N–H and O–H groups in total. The number of anilines is 1. The average Bonchev–Trinajstić information content (AvgIpc) is 3.14. The van der Waals surface area contributed by atoms with Gasteiger partial charge in [0.1, 0.15) is 11.3 Å². The predicted molar refractivity (Wildman–Crippen MR) is 117 cm³/mol. The van der Waals surface area contributed by atoms with E-state index < -0.39 is 0 Å². The minimum absolute atomic E-state index is 0.225. The van der Waals surface area contributed by atoms with Gasteiger partial charge in [-0.3, -0.25) is 14.6 Å². The number of nitrogens with one attached hydrogen (secondary N) is 2. The summed E-state index contributed by atoms with van der Waals surface area (Å²) in [7, 11) is 1.60. The second-order valence-corrected chi connectivity index (χ2v) is 6.99. The molecule has 0 radical (unpaired) electrons. The fourth-order valence-corrected chi connectivity index (χ4v) is 3.27. The molecule has 0 atom stereocenters. The molecular weight excluding hydrogens is 394 g/mol. The molecule has 7 heteroatoms. The Morgan fingerprint density at radius 1 is 1.03 bits per heavy atom. The van der Waals surface area contributed by atoms with Crippen molar-refractivity contribution < 1.29 is 18.7 Å². The number of fused-ring (bicyclic) bond motifs is 1. The van der Waals surface area contributed by atoms with E-state index in [0.717, 1.165) is 16.5 Å². The molecule has 0 aliphatic heterocycles. The van der Waals surface area contributed by atoms with Crippen LogP contribution in [-0.2, 0) is 6.54 Å². The Morgan fingerprint density at radius 3 is 2.61 bits per heavy atom. The normalized spacial score (nSPS) is 10.6. The van der Waals surface area contributed by atoms with Crippen LogP contribution in [0.15, 0.2) is 71.4 Å². The molecule has 2 aromatic heterocycles. The zero-order valence-electron chi connectivity index (χ0n) is 17.1. The van der Waals surface area contributed by atoms with E-state index in [1.807, 2.05) is 31.2 Å². The number of hydrogen-bond donors (Lipinski definition) is 2. The number of carbonyl (C=O) groups is 2. The molecule has 4 rings (SSSR count). The maximum Gasteiger partial charge on any atom is 0.287 e. The summed E-state index contributed by atoms with van der Waals surface area (Å²) in [5.41, 5.74) is 3.39. The summed E-state index contributed by atoms with van der Waals surface area (Å²) in [6, 6.07) is 16.0. The number of carbonyl (C=O) groups excluding carboxylic acids is 2. The Hall–Kier alpha value is -4.13. The van der Waals surface area contributed by atoms with E-state index >= 15 is 0 Å². The lowest BCUT2D eigenvalue weighted by Gasteiger charge is -2.08. The third-order valence-electron chi connectivity index (χ3n) is 4.93. The molecule has 0 aliphatic rings. The first-order chi connectivity index (χ1) is 15.0. The average molecular weight is 415 g/mol. The van der Waals surface area contributed by atoms with Crippen LogP contribution in [0.2, 0.25) is 0 Å². The van der Waals surface area contributed by atoms with Crippen molar-refractivity contribution in [3.05, 3.63) is 89.4 Å². The maximum atomic E-state index is 12.7. The number of amides is 2. The van der Waals surface area contributed by atoms with Crippen molar-refractivity contribution in [2.45, 2.75) is 13.5 Å². The van der Waals surface area contributed by atoms with Gasteiger partial charge in [0.2, 0.25) is 0 Å². The van der Waals surface area contributed by atoms with Crippen LogP contribution in [0.1, 0.15) is 32.0 Å². The molecule has 31 heavy (non-hydrogen) atoms. The number of furan rings is 1. The predicted octanol–water partition coefficient (Wildman–Crippen LogP) is 4.33. The van der Waals surface area contributed by atoms with Crippen LogP contribution in [0.4, 0.5) is 5.69 Å². The molecule has 156 valence electrons. The minimum Gasteiger partial charge on any atom is -0.497 e. The van der Waals surface area contributed by atoms with Crippen molar-refractivity contribution in [2.75, 3.05) is 12.4 Å². The first-order valence-electron chi connectivity index (χ1n) is 9.71. The Kier molecular flexibility index (Phi) is 5.66. The van der Waals surface area contributed by atoms with E-state index in [1.54, 1.807) is 49.8 Å². The molecule has 7 nitrogen and oxygen atoms in total. The molecule has 2 amide bonds. The summed E-state index contributed by atoms with van der Waals surface area (Å²) in [4.78, 5) is 28.9. The zero-order chi connectivity index (χ0) is 21.8. The second kappa shape index (κ2) is 8.71. The summed E-state index contributed by atoms with van der Waals surface area (Å²) < 4.78 is 11.0. The van der Waals surface area contributed by atoms with Crippen molar-refractivity contribution >= 4 is 28.5 Å². The van der Waals surface area contributed by atoms with Crippen LogP contribution in [0.25, 0.3) is 11.0 Å². The third-order valence-corrected chi connectivity index (χ3v) is 4.93. The number of benzene rings is 2. The smallest absolute Gasteiger partial charge is 0.287 e. The highest BCUT2D eigenvalue weighted by Crippen LogP contribution is 2.28. The molecule has 0 saturated carbocycles.